The summed E-state index contributed by atoms with van der Waals surface area (Å²) in [5.74, 6) is -0.0872. The van der Waals surface area contributed by atoms with E-state index in [1.54, 1.807) is 25.6 Å². The van der Waals surface area contributed by atoms with Gasteiger partial charge in [0.25, 0.3) is 11.8 Å². The number of rotatable bonds is 5. The van der Waals surface area contributed by atoms with Gasteiger partial charge in [-0.1, -0.05) is 55.0 Å². The second-order valence-electron chi connectivity index (χ2n) is 10.1. The summed E-state index contributed by atoms with van der Waals surface area (Å²) in [6.07, 6.45) is 7.21. The first-order valence-corrected chi connectivity index (χ1v) is 13.4. The van der Waals surface area contributed by atoms with Gasteiger partial charge >= 0.3 is 0 Å². The molecule has 0 saturated carbocycles. The lowest BCUT2D eigenvalue weighted by molar-refractivity contribution is -0.122. The normalized spacial score (nSPS) is 20.3. The maximum Gasteiger partial charge on any atom is 0.292 e. The third-order valence-electron chi connectivity index (χ3n) is 7.59. The molecule has 2 aliphatic rings. The standard InChI is InChI=1S/C30H35N5O3/c1-38-22-28(36)34-18-15-25-12-7-13-26(35(25)19-23-9-3-2-4-10-23)21-33(20-24-11-5-6-14-27(24)34)30(37)29-31-16-8-17-32-29/h2-6,8-11,14,16-17,25-26H,7,12-13,15,18-22H2,1H3. The molecule has 1 saturated heterocycles. The van der Waals surface area contributed by atoms with Crippen LogP contribution in [-0.4, -0.2) is 70.5 Å². The van der Waals surface area contributed by atoms with E-state index in [9.17, 15) is 9.59 Å². The van der Waals surface area contributed by atoms with Crippen LogP contribution in [0.25, 0.3) is 0 Å². The second kappa shape index (κ2) is 12.3. The third kappa shape index (κ3) is 5.92. The molecule has 38 heavy (non-hydrogen) atoms. The molecule has 2 aliphatic heterocycles. The highest BCUT2D eigenvalue weighted by Gasteiger charge is 2.35. The van der Waals surface area contributed by atoms with Gasteiger partial charge in [0.05, 0.1) is 0 Å². The zero-order valence-electron chi connectivity index (χ0n) is 21.9. The van der Waals surface area contributed by atoms with Gasteiger partial charge in [-0.3, -0.25) is 14.5 Å². The number of piperidine rings is 1. The van der Waals surface area contributed by atoms with E-state index in [2.05, 4.69) is 39.1 Å². The van der Waals surface area contributed by atoms with Crippen molar-refractivity contribution in [2.45, 2.75) is 50.9 Å². The van der Waals surface area contributed by atoms with Crippen LogP contribution in [-0.2, 0) is 22.6 Å². The fourth-order valence-electron chi connectivity index (χ4n) is 5.77. The number of hydrogen-bond donors (Lipinski definition) is 0. The lowest BCUT2D eigenvalue weighted by atomic mass is 9.92. The summed E-state index contributed by atoms with van der Waals surface area (Å²) in [6, 6.07) is 20.6. The number of aromatic nitrogens is 2. The highest BCUT2D eigenvalue weighted by molar-refractivity contribution is 5.95. The second-order valence-corrected chi connectivity index (χ2v) is 10.1. The van der Waals surface area contributed by atoms with Crippen LogP contribution >= 0.6 is 0 Å². The number of amides is 2. The highest BCUT2D eigenvalue weighted by Crippen LogP contribution is 2.32. The van der Waals surface area contributed by atoms with Crippen molar-refractivity contribution in [3.8, 4) is 0 Å². The largest absolute Gasteiger partial charge is 0.375 e. The number of anilines is 1. The van der Waals surface area contributed by atoms with Crippen molar-refractivity contribution in [2.75, 3.05) is 31.7 Å². The Balaban J connectivity index is 1.56. The molecule has 2 unspecified atom stereocenters. The number of hydrogen-bond acceptors (Lipinski definition) is 6. The average molecular weight is 514 g/mol. The number of fused-ring (bicyclic) bond motifs is 3. The van der Waals surface area contributed by atoms with E-state index < -0.39 is 0 Å². The Morgan fingerprint density at radius 1 is 0.921 bits per heavy atom. The van der Waals surface area contributed by atoms with Crippen molar-refractivity contribution in [1.82, 2.24) is 19.8 Å². The minimum atomic E-state index is -0.198. The van der Waals surface area contributed by atoms with Crippen molar-refractivity contribution >= 4 is 17.5 Å². The zero-order chi connectivity index (χ0) is 26.3. The van der Waals surface area contributed by atoms with E-state index in [1.165, 1.54) is 5.56 Å². The predicted octanol–water partition coefficient (Wildman–Crippen LogP) is 3.93. The highest BCUT2D eigenvalue weighted by atomic mass is 16.5. The molecule has 1 aromatic heterocycles. The number of ether oxygens (including phenoxy) is 1. The molecule has 1 fully saturated rings. The molecule has 3 aromatic rings. The number of carbonyl (C=O) groups excluding carboxylic acids is 2. The Hall–Kier alpha value is -3.62. The van der Waals surface area contributed by atoms with Crippen LogP contribution in [0.2, 0.25) is 0 Å². The van der Waals surface area contributed by atoms with Crippen LogP contribution in [0.1, 0.15) is 47.4 Å². The van der Waals surface area contributed by atoms with Crippen molar-refractivity contribution < 1.29 is 14.3 Å². The first-order chi connectivity index (χ1) is 18.6. The maximum absolute atomic E-state index is 13.8. The molecule has 8 heteroatoms. The molecule has 198 valence electrons. The van der Waals surface area contributed by atoms with Crippen molar-refractivity contribution in [2.24, 2.45) is 0 Å². The molecule has 8 nitrogen and oxygen atoms in total. The Morgan fingerprint density at radius 2 is 1.66 bits per heavy atom. The van der Waals surface area contributed by atoms with Crippen LogP contribution in [0.15, 0.2) is 73.1 Å². The fourth-order valence-corrected chi connectivity index (χ4v) is 5.77. The molecular formula is C30H35N5O3. The molecule has 2 bridgehead atoms. The molecule has 0 aliphatic carbocycles. The van der Waals surface area contributed by atoms with Gasteiger partial charge < -0.3 is 14.5 Å². The number of carbonyl (C=O) groups is 2. The Morgan fingerprint density at radius 3 is 2.45 bits per heavy atom. The molecule has 2 atom stereocenters. The van der Waals surface area contributed by atoms with Gasteiger partial charge in [-0.05, 0) is 42.5 Å². The van der Waals surface area contributed by atoms with E-state index in [-0.39, 0.29) is 30.3 Å². The summed E-state index contributed by atoms with van der Waals surface area (Å²) in [4.78, 5) is 41.9. The Bertz CT molecular complexity index is 1220. The Labute approximate surface area is 224 Å². The molecule has 2 aromatic carbocycles. The lowest BCUT2D eigenvalue weighted by Crippen LogP contribution is -2.52. The van der Waals surface area contributed by atoms with Gasteiger partial charge in [-0.2, -0.15) is 0 Å². The summed E-state index contributed by atoms with van der Waals surface area (Å²) >= 11 is 0. The van der Waals surface area contributed by atoms with Crippen LogP contribution in [0.4, 0.5) is 5.69 Å². The van der Waals surface area contributed by atoms with Gasteiger partial charge in [0, 0.05) is 63.5 Å². The van der Waals surface area contributed by atoms with E-state index in [0.717, 1.165) is 43.5 Å². The topological polar surface area (TPSA) is 78.9 Å². The quantitative estimate of drug-likeness (QED) is 0.515. The van der Waals surface area contributed by atoms with Crippen LogP contribution in [0, 0.1) is 0 Å². The molecule has 5 rings (SSSR count). The minimum Gasteiger partial charge on any atom is -0.375 e. The Kier molecular flexibility index (Phi) is 8.41. The smallest absolute Gasteiger partial charge is 0.292 e. The molecule has 2 amide bonds. The zero-order valence-corrected chi connectivity index (χ0v) is 21.9. The van der Waals surface area contributed by atoms with Gasteiger partial charge in [0.2, 0.25) is 5.82 Å². The minimum absolute atomic E-state index is 0.00978. The summed E-state index contributed by atoms with van der Waals surface area (Å²) in [6.45, 7) is 2.34. The molecule has 0 radical (unpaired) electrons. The molecule has 0 spiro atoms. The van der Waals surface area contributed by atoms with Crippen molar-refractivity contribution in [1.29, 1.82) is 0 Å². The van der Waals surface area contributed by atoms with Crippen LogP contribution < -0.4 is 4.90 Å². The first-order valence-electron chi connectivity index (χ1n) is 13.4. The number of para-hydroxylation sites is 1. The fraction of sp³-hybridized carbons (Fsp3) is 0.400. The molecule has 0 N–H and O–H groups in total. The first kappa shape index (κ1) is 26.0. The van der Waals surface area contributed by atoms with Crippen molar-refractivity contribution in [3.63, 3.8) is 0 Å². The van der Waals surface area contributed by atoms with E-state index in [4.69, 9.17) is 4.74 Å². The number of benzene rings is 2. The third-order valence-corrected chi connectivity index (χ3v) is 7.59. The summed E-state index contributed by atoms with van der Waals surface area (Å²) < 4.78 is 5.24. The summed E-state index contributed by atoms with van der Waals surface area (Å²) in [7, 11) is 1.55. The van der Waals surface area contributed by atoms with E-state index in [1.807, 2.05) is 40.1 Å². The van der Waals surface area contributed by atoms with Crippen LogP contribution in [0.5, 0.6) is 0 Å². The van der Waals surface area contributed by atoms with E-state index >= 15 is 0 Å². The average Bonchev–Trinajstić information content (AvgIpc) is 2.96. The summed E-state index contributed by atoms with van der Waals surface area (Å²) in [5, 5.41) is 0. The van der Waals surface area contributed by atoms with Crippen molar-refractivity contribution in [3.05, 3.63) is 90.0 Å². The van der Waals surface area contributed by atoms with Crippen LogP contribution in [0.3, 0.4) is 0 Å². The number of nitrogens with zero attached hydrogens (tertiary/aromatic N) is 5. The lowest BCUT2D eigenvalue weighted by Gasteiger charge is -2.44. The monoisotopic (exact) mass is 513 g/mol. The molecule has 3 heterocycles. The van der Waals surface area contributed by atoms with Gasteiger partial charge in [0.15, 0.2) is 0 Å². The van der Waals surface area contributed by atoms with Gasteiger partial charge in [-0.15, -0.1) is 0 Å². The maximum atomic E-state index is 13.8. The predicted molar refractivity (Wildman–Crippen MR) is 145 cm³/mol. The van der Waals surface area contributed by atoms with E-state index in [0.29, 0.717) is 25.7 Å². The van der Waals surface area contributed by atoms with Gasteiger partial charge in [0.1, 0.15) is 6.61 Å². The van der Waals surface area contributed by atoms with Gasteiger partial charge in [-0.25, -0.2) is 9.97 Å². The number of methoxy groups -OCH3 is 1. The SMILES string of the molecule is COCC(=O)N1CCC2CCCC(CN(C(=O)c3ncccn3)Cc3ccccc31)N2Cc1ccccc1. The molecular weight excluding hydrogens is 478 g/mol. The summed E-state index contributed by atoms with van der Waals surface area (Å²) in [5.41, 5.74) is 3.00.